The van der Waals surface area contributed by atoms with Crippen LogP contribution < -0.4 is 0 Å². The van der Waals surface area contributed by atoms with Gasteiger partial charge in [-0.1, -0.05) is 13.3 Å². The third kappa shape index (κ3) is 3.40. The van der Waals surface area contributed by atoms with Gasteiger partial charge in [0.25, 0.3) is 0 Å². The predicted molar refractivity (Wildman–Crippen MR) is 60.8 cm³/mol. The SMILES string of the molecule is CC[C@@H]1C[C@H](C)N(C(=O)OC(C)(C)C)C1. The normalized spacial score (nSPS) is 26.9. The van der Waals surface area contributed by atoms with Crippen molar-refractivity contribution in [2.45, 2.75) is 59.1 Å². The highest BCUT2D eigenvalue weighted by atomic mass is 16.6. The van der Waals surface area contributed by atoms with Crippen molar-refractivity contribution >= 4 is 6.09 Å². The molecule has 0 radical (unpaired) electrons. The molecule has 2 atom stereocenters. The van der Waals surface area contributed by atoms with Crippen LogP contribution in [0, 0.1) is 5.92 Å². The molecule has 1 fully saturated rings. The highest BCUT2D eigenvalue weighted by Gasteiger charge is 2.33. The van der Waals surface area contributed by atoms with E-state index in [1.165, 1.54) is 0 Å². The lowest BCUT2D eigenvalue weighted by Crippen LogP contribution is -2.38. The van der Waals surface area contributed by atoms with E-state index in [0.29, 0.717) is 12.0 Å². The average Bonchev–Trinajstić information content (AvgIpc) is 2.43. The number of carbonyl (C=O) groups excluding carboxylic acids is 1. The maximum absolute atomic E-state index is 11.8. The van der Waals surface area contributed by atoms with Crippen molar-refractivity contribution in [3.63, 3.8) is 0 Å². The van der Waals surface area contributed by atoms with Gasteiger partial charge in [0.05, 0.1) is 0 Å². The molecule has 88 valence electrons. The Morgan fingerprint density at radius 2 is 2.07 bits per heavy atom. The van der Waals surface area contributed by atoms with Gasteiger partial charge in [0, 0.05) is 12.6 Å². The van der Waals surface area contributed by atoms with Crippen LogP contribution in [-0.4, -0.2) is 29.2 Å². The van der Waals surface area contributed by atoms with E-state index in [1.807, 2.05) is 25.7 Å². The molecule has 0 aromatic carbocycles. The first-order valence-corrected chi connectivity index (χ1v) is 5.83. The van der Waals surface area contributed by atoms with Gasteiger partial charge in [0.15, 0.2) is 0 Å². The van der Waals surface area contributed by atoms with Gasteiger partial charge in [-0.25, -0.2) is 4.79 Å². The molecule has 1 saturated heterocycles. The first-order chi connectivity index (χ1) is 6.83. The fraction of sp³-hybridized carbons (Fsp3) is 0.917. The van der Waals surface area contributed by atoms with E-state index in [1.54, 1.807) is 0 Å². The summed E-state index contributed by atoms with van der Waals surface area (Å²) in [7, 11) is 0. The largest absolute Gasteiger partial charge is 0.444 e. The highest BCUT2D eigenvalue weighted by molar-refractivity contribution is 5.68. The topological polar surface area (TPSA) is 29.5 Å². The molecule has 3 nitrogen and oxygen atoms in total. The van der Waals surface area contributed by atoms with Crippen molar-refractivity contribution in [2.24, 2.45) is 5.92 Å². The van der Waals surface area contributed by atoms with Crippen LogP contribution in [-0.2, 0) is 4.74 Å². The zero-order chi connectivity index (χ0) is 11.6. The number of carbonyl (C=O) groups is 1. The zero-order valence-corrected chi connectivity index (χ0v) is 10.5. The second-order valence-corrected chi connectivity index (χ2v) is 5.49. The first kappa shape index (κ1) is 12.3. The Labute approximate surface area is 92.8 Å². The minimum atomic E-state index is -0.388. The quantitative estimate of drug-likeness (QED) is 0.670. The number of likely N-dealkylation sites (tertiary alicyclic amines) is 1. The third-order valence-corrected chi connectivity index (χ3v) is 2.87. The van der Waals surface area contributed by atoms with E-state index in [-0.39, 0.29) is 11.7 Å². The highest BCUT2D eigenvalue weighted by Crippen LogP contribution is 2.26. The molecule has 3 heteroatoms. The summed E-state index contributed by atoms with van der Waals surface area (Å²) in [6, 6.07) is 0.324. The molecular weight excluding hydrogens is 190 g/mol. The van der Waals surface area contributed by atoms with Crippen molar-refractivity contribution in [1.82, 2.24) is 4.90 Å². The Kier molecular flexibility index (Phi) is 3.63. The van der Waals surface area contributed by atoms with Crippen LogP contribution in [0.3, 0.4) is 0 Å². The maximum Gasteiger partial charge on any atom is 0.410 e. The van der Waals surface area contributed by atoms with E-state index in [4.69, 9.17) is 4.74 Å². The van der Waals surface area contributed by atoms with Gasteiger partial charge < -0.3 is 9.64 Å². The molecule has 1 amide bonds. The molecule has 1 aliphatic heterocycles. The van der Waals surface area contributed by atoms with Crippen LogP contribution in [0.1, 0.15) is 47.5 Å². The summed E-state index contributed by atoms with van der Waals surface area (Å²) in [5.74, 6) is 0.646. The molecule has 0 spiro atoms. The number of nitrogens with zero attached hydrogens (tertiary/aromatic N) is 1. The Balaban J connectivity index is 2.54. The zero-order valence-electron chi connectivity index (χ0n) is 10.5. The molecule has 0 unspecified atom stereocenters. The van der Waals surface area contributed by atoms with Gasteiger partial charge >= 0.3 is 6.09 Å². The Hall–Kier alpha value is -0.730. The van der Waals surface area contributed by atoms with Gasteiger partial charge in [-0.15, -0.1) is 0 Å². The summed E-state index contributed by atoms with van der Waals surface area (Å²) in [5, 5.41) is 0. The number of hydrogen-bond acceptors (Lipinski definition) is 2. The summed E-state index contributed by atoms with van der Waals surface area (Å²) in [6.45, 7) is 10.8. The average molecular weight is 213 g/mol. The summed E-state index contributed by atoms with van der Waals surface area (Å²) >= 11 is 0. The van der Waals surface area contributed by atoms with Gasteiger partial charge in [-0.2, -0.15) is 0 Å². The van der Waals surface area contributed by atoms with Crippen LogP contribution in [0.4, 0.5) is 4.79 Å². The number of hydrogen-bond donors (Lipinski definition) is 0. The van der Waals surface area contributed by atoms with E-state index >= 15 is 0 Å². The maximum atomic E-state index is 11.8. The minimum Gasteiger partial charge on any atom is -0.444 e. The lowest BCUT2D eigenvalue weighted by molar-refractivity contribution is 0.0233. The number of ether oxygens (including phenoxy) is 1. The van der Waals surface area contributed by atoms with Crippen LogP contribution >= 0.6 is 0 Å². The van der Waals surface area contributed by atoms with Crippen molar-refractivity contribution in [3.05, 3.63) is 0 Å². The summed E-state index contributed by atoms with van der Waals surface area (Å²) in [5.41, 5.74) is -0.388. The van der Waals surface area contributed by atoms with Gasteiger partial charge in [-0.05, 0) is 40.0 Å². The Morgan fingerprint density at radius 1 is 1.47 bits per heavy atom. The van der Waals surface area contributed by atoms with Gasteiger partial charge in [0.2, 0.25) is 0 Å². The molecule has 1 rings (SSSR count). The minimum absolute atomic E-state index is 0.161. The van der Waals surface area contributed by atoms with Crippen molar-refractivity contribution in [3.8, 4) is 0 Å². The molecule has 1 aliphatic rings. The second-order valence-electron chi connectivity index (χ2n) is 5.49. The van der Waals surface area contributed by atoms with Crippen LogP contribution in [0.5, 0.6) is 0 Å². The smallest absolute Gasteiger partial charge is 0.410 e. The molecule has 0 saturated carbocycles. The number of amides is 1. The molecule has 0 aromatic rings. The molecule has 0 aliphatic carbocycles. The Morgan fingerprint density at radius 3 is 2.47 bits per heavy atom. The van der Waals surface area contributed by atoms with Gasteiger partial charge in [-0.3, -0.25) is 0 Å². The fourth-order valence-corrected chi connectivity index (χ4v) is 2.01. The molecule has 0 N–H and O–H groups in total. The van der Waals surface area contributed by atoms with E-state index in [0.717, 1.165) is 19.4 Å². The molecule has 1 heterocycles. The molecule has 0 bridgehead atoms. The standard InChI is InChI=1S/C12H23NO2/c1-6-10-7-9(2)13(8-10)11(14)15-12(3,4)5/h9-10H,6-8H2,1-5H3/t9-,10+/m0/s1. The lowest BCUT2D eigenvalue weighted by Gasteiger charge is -2.27. The monoisotopic (exact) mass is 213 g/mol. The molecule has 15 heavy (non-hydrogen) atoms. The van der Waals surface area contributed by atoms with Gasteiger partial charge in [0.1, 0.15) is 5.60 Å². The third-order valence-electron chi connectivity index (χ3n) is 2.87. The lowest BCUT2D eigenvalue weighted by atomic mass is 10.0. The summed E-state index contributed by atoms with van der Waals surface area (Å²) in [4.78, 5) is 13.7. The molecule has 0 aromatic heterocycles. The van der Waals surface area contributed by atoms with Crippen LogP contribution in [0.2, 0.25) is 0 Å². The van der Waals surface area contributed by atoms with E-state index in [2.05, 4.69) is 13.8 Å². The molecular formula is C12H23NO2. The van der Waals surface area contributed by atoms with E-state index < -0.39 is 0 Å². The fourth-order valence-electron chi connectivity index (χ4n) is 2.01. The number of rotatable bonds is 1. The Bertz CT molecular complexity index is 232. The van der Waals surface area contributed by atoms with Crippen LogP contribution in [0.25, 0.3) is 0 Å². The summed E-state index contributed by atoms with van der Waals surface area (Å²) in [6.07, 6.45) is 2.09. The van der Waals surface area contributed by atoms with Crippen molar-refractivity contribution < 1.29 is 9.53 Å². The summed E-state index contributed by atoms with van der Waals surface area (Å²) < 4.78 is 5.37. The second kappa shape index (κ2) is 4.42. The van der Waals surface area contributed by atoms with Crippen LogP contribution in [0.15, 0.2) is 0 Å². The first-order valence-electron chi connectivity index (χ1n) is 5.83. The van der Waals surface area contributed by atoms with Crippen molar-refractivity contribution in [1.29, 1.82) is 0 Å². The van der Waals surface area contributed by atoms with Crippen molar-refractivity contribution in [2.75, 3.05) is 6.54 Å². The van der Waals surface area contributed by atoms with E-state index in [9.17, 15) is 4.79 Å². The predicted octanol–water partition coefficient (Wildman–Crippen LogP) is 3.04.